The van der Waals surface area contributed by atoms with Crippen molar-refractivity contribution in [2.45, 2.75) is 140 Å². The van der Waals surface area contributed by atoms with Gasteiger partial charge >= 0.3 is 0 Å². The highest BCUT2D eigenvalue weighted by Gasteiger charge is 2.53. The van der Waals surface area contributed by atoms with Crippen LogP contribution >= 0.6 is 0 Å². The Bertz CT molecular complexity index is 769. The zero-order valence-corrected chi connectivity index (χ0v) is 24.1. The van der Waals surface area contributed by atoms with Gasteiger partial charge in [0.15, 0.2) is 0 Å². The topological polar surface area (TPSA) is 73.6 Å². The number of nitrogens with two attached hydrogens (primary N) is 1. The minimum atomic E-state index is -0.0578. The van der Waals surface area contributed by atoms with Crippen LogP contribution in [0.25, 0.3) is 0 Å². The molecule has 5 aliphatic rings. The van der Waals surface area contributed by atoms with Crippen LogP contribution in [0.3, 0.4) is 0 Å². The third-order valence-corrected chi connectivity index (χ3v) is 11.2. The Hall–Kier alpha value is -0.625. The van der Waals surface area contributed by atoms with E-state index in [0.717, 1.165) is 44.1 Å². The van der Waals surface area contributed by atoms with Crippen molar-refractivity contribution in [2.24, 2.45) is 35.3 Å². The lowest BCUT2D eigenvalue weighted by Crippen LogP contribution is -2.61. The molecule has 9 atom stereocenters. The summed E-state index contributed by atoms with van der Waals surface area (Å²) in [7, 11) is 8.46. The molecule has 4 N–H and O–H groups in total. The van der Waals surface area contributed by atoms with E-state index in [9.17, 15) is 4.79 Å². The maximum Gasteiger partial charge on any atom is 0.226 e. The Morgan fingerprint density at radius 3 is 2.30 bits per heavy atom. The predicted molar refractivity (Wildman–Crippen MR) is 152 cm³/mol. The first-order valence-electron chi connectivity index (χ1n) is 15.9. The highest BCUT2D eigenvalue weighted by atomic mass is 16.2. The van der Waals surface area contributed by atoms with Gasteiger partial charge in [-0.15, -0.1) is 0 Å². The van der Waals surface area contributed by atoms with Gasteiger partial charge in [0.1, 0.15) is 0 Å². The van der Waals surface area contributed by atoms with E-state index < -0.39 is 0 Å². The first kappa shape index (κ1) is 27.9. The third kappa shape index (κ3) is 5.41. The molecule has 3 aliphatic carbocycles. The molecule has 0 aromatic carbocycles. The van der Waals surface area contributed by atoms with Crippen molar-refractivity contribution in [3.05, 3.63) is 0 Å². The zero-order chi connectivity index (χ0) is 26.3. The number of nitrogens with one attached hydrogen (secondary N) is 2. The van der Waals surface area contributed by atoms with Crippen molar-refractivity contribution < 1.29 is 4.79 Å². The fourth-order valence-corrected chi connectivity index (χ4v) is 9.34. The summed E-state index contributed by atoms with van der Waals surface area (Å²) in [6, 6.07) is 2.05. The van der Waals surface area contributed by atoms with E-state index in [1.54, 1.807) is 0 Å². The van der Waals surface area contributed by atoms with Crippen LogP contribution in [0, 0.1) is 29.6 Å². The van der Waals surface area contributed by atoms with Crippen LogP contribution in [-0.2, 0) is 4.79 Å². The fraction of sp³-hybridized carbons (Fsp3) is 0.967. The van der Waals surface area contributed by atoms with E-state index in [0.29, 0.717) is 36.0 Å². The van der Waals surface area contributed by atoms with E-state index in [-0.39, 0.29) is 29.7 Å². The summed E-state index contributed by atoms with van der Waals surface area (Å²) in [6.07, 6.45) is 14.7. The standard InChI is InChI=1S/C30H54BN5O/c1-5-7-24-28-25(6-2)35(30(37)22-14-15-23(31)29(33-4)27(22)18(3)32)17-16-26(28)36(34-24)21-12-10-20(11-13-21)19-8-9-19/h18-29,33-34H,5-17,32H2,1-4H3. The van der Waals surface area contributed by atoms with Crippen LogP contribution in [0.15, 0.2) is 0 Å². The predicted octanol–water partition coefficient (Wildman–Crippen LogP) is 3.86. The molecule has 2 saturated heterocycles. The van der Waals surface area contributed by atoms with Crippen molar-refractivity contribution in [3.8, 4) is 0 Å². The second-order valence-electron chi connectivity index (χ2n) is 13.4. The molecule has 37 heavy (non-hydrogen) atoms. The first-order chi connectivity index (χ1) is 17.9. The minimum absolute atomic E-state index is 0.0318. The van der Waals surface area contributed by atoms with Crippen LogP contribution in [0.2, 0.25) is 5.82 Å². The van der Waals surface area contributed by atoms with E-state index in [2.05, 4.69) is 41.4 Å². The molecule has 5 rings (SSSR count). The molecule has 1 amide bonds. The SMILES string of the molecule is [B]C1CCC(C(=O)N2CCC3C(C(CCC)NN3C3CCC(C4CC4)CC3)C2CC)C(C(C)N)C1NC. The number of carbonyl (C=O) groups excluding carboxylic acids is 1. The van der Waals surface area contributed by atoms with Crippen LogP contribution in [-0.4, -0.2) is 73.5 Å². The lowest BCUT2D eigenvalue weighted by Gasteiger charge is -2.50. The normalized spacial score (nSPS) is 44.0. The first-order valence-corrected chi connectivity index (χ1v) is 15.9. The molecule has 6 nitrogen and oxygen atoms in total. The molecular weight excluding hydrogens is 457 g/mol. The second kappa shape index (κ2) is 11.9. The number of carbonyl (C=O) groups is 1. The van der Waals surface area contributed by atoms with Crippen LogP contribution < -0.4 is 16.5 Å². The number of hydrogen-bond acceptors (Lipinski definition) is 5. The number of likely N-dealkylation sites (tertiary alicyclic amines) is 1. The molecule has 0 aromatic heterocycles. The summed E-state index contributed by atoms with van der Waals surface area (Å²) in [5.74, 6) is 3.02. The maximum atomic E-state index is 14.3. The summed E-state index contributed by atoms with van der Waals surface area (Å²) in [5, 5.41) is 6.14. The van der Waals surface area contributed by atoms with Crippen LogP contribution in [0.1, 0.15) is 97.8 Å². The Balaban J connectivity index is 1.33. The van der Waals surface area contributed by atoms with Crippen LogP contribution in [0.5, 0.6) is 0 Å². The van der Waals surface area contributed by atoms with Gasteiger partial charge in [-0.25, -0.2) is 5.01 Å². The average molecular weight is 512 g/mol. The molecule has 0 aromatic rings. The largest absolute Gasteiger partial charge is 0.339 e. The number of nitrogens with zero attached hydrogens (tertiary/aromatic N) is 2. The van der Waals surface area contributed by atoms with E-state index in [4.69, 9.17) is 13.6 Å². The molecule has 3 saturated carbocycles. The summed E-state index contributed by atoms with van der Waals surface area (Å²) in [6.45, 7) is 7.55. The Morgan fingerprint density at radius 2 is 1.73 bits per heavy atom. The molecule has 0 spiro atoms. The molecular formula is C30H54BN5O. The molecule has 2 heterocycles. The van der Waals surface area contributed by atoms with Crippen molar-refractivity contribution in [1.29, 1.82) is 0 Å². The van der Waals surface area contributed by atoms with Gasteiger partial charge in [-0.2, -0.15) is 0 Å². The quantitative estimate of drug-likeness (QED) is 0.432. The summed E-state index contributed by atoms with van der Waals surface area (Å²) in [5.41, 5.74) is 10.6. The van der Waals surface area contributed by atoms with Crippen molar-refractivity contribution in [1.82, 2.24) is 20.7 Å². The van der Waals surface area contributed by atoms with Gasteiger partial charge in [0.2, 0.25) is 5.91 Å². The van der Waals surface area contributed by atoms with E-state index in [1.807, 2.05) is 7.05 Å². The summed E-state index contributed by atoms with van der Waals surface area (Å²) in [4.78, 5) is 16.6. The number of hydrogen-bond donors (Lipinski definition) is 3. The molecule has 2 aliphatic heterocycles. The lowest BCUT2D eigenvalue weighted by molar-refractivity contribution is -0.146. The minimum Gasteiger partial charge on any atom is -0.339 e. The number of fused-ring (bicyclic) bond motifs is 1. The fourth-order valence-electron chi connectivity index (χ4n) is 9.34. The maximum absolute atomic E-state index is 14.3. The molecule has 5 fully saturated rings. The third-order valence-electron chi connectivity index (χ3n) is 11.2. The van der Waals surface area contributed by atoms with Gasteiger partial charge in [0, 0.05) is 60.5 Å². The van der Waals surface area contributed by atoms with E-state index in [1.165, 1.54) is 51.4 Å². The molecule has 2 radical (unpaired) electrons. The Morgan fingerprint density at radius 1 is 1.05 bits per heavy atom. The molecule has 9 unspecified atom stereocenters. The van der Waals surface area contributed by atoms with Gasteiger partial charge in [0.25, 0.3) is 0 Å². The smallest absolute Gasteiger partial charge is 0.226 e. The van der Waals surface area contributed by atoms with Crippen molar-refractivity contribution >= 4 is 13.8 Å². The van der Waals surface area contributed by atoms with Crippen molar-refractivity contribution in [3.63, 3.8) is 0 Å². The van der Waals surface area contributed by atoms with Gasteiger partial charge < -0.3 is 16.0 Å². The second-order valence-corrected chi connectivity index (χ2v) is 13.4. The molecule has 0 bridgehead atoms. The molecule has 208 valence electrons. The zero-order valence-electron chi connectivity index (χ0n) is 24.1. The Kier molecular flexibility index (Phi) is 8.95. The summed E-state index contributed by atoms with van der Waals surface area (Å²) < 4.78 is 0. The molecule has 7 heteroatoms. The monoisotopic (exact) mass is 511 g/mol. The highest BCUT2D eigenvalue weighted by molar-refractivity contribution is 6.12. The Labute approximate surface area is 228 Å². The lowest BCUT2D eigenvalue weighted by atomic mass is 9.61. The van der Waals surface area contributed by atoms with Gasteiger partial charge in [-0.1, -0.05) is 32.5 Å². The van der Waals surface area contributed by atoms with Crippen molar-refractivity contribution in [2.75, 3.05) is 13.6 Å². The summed E-state index contributed by atoms with van der Waals surface area (Å²) >= 11 is 0. The van der Waals surface area contributed by atoms with Crippen LogP contribution in [0.4, 0.5) is 0 Å². The number of piperidine rings is 1. The van der Waals surface area contributed by atoms with Gasteiger partial charge in [-0.05, 0) is 90.0 Å². The average Bonchev–Trinajstić information content (AvgIpc) is 3.69. The van der Waals surface area contributed by atoms with Gasteiger partial charge in [-0.3, -0.25) is 10.2 Å². The number of amides is 1. The highest BCUT2D eigenvalue weighted by Crippen LogP contribution is 2.47. The number of rotatable bonds is 8. The van der Waals surface area contributed by atoms with E-state index >= 15 is 0 Å². The van der Waals surface area contributed by atoms with Gasteiger partial charge in [0.05, 0.1) is 7.85 Å². The number of hydrazine groups is 1.